The number of nitrogens with zero attached hydrogens (tertiary/aromatic N) is 5. The van der Waals surface area contributed by atoms with Crippen LogP contribution in [-0.2, 0) is 0 Å². The van der Waals surface area contributed by atoms with Crippen molar-refractivity contribution >= 4 is 46.6 Å². The minimum absolute atomic E-state index is 0.297. The highest BCUT2D eigenvalue weighted by molar-refractivity contribution is 6.42. The molecule has 0 radical (unpaired) electrons. The Kier molecular flexibility index (Phi) is 6.84. The van der Waals surface area contributed by atoms with Gasteiger partial charge in [-0.1, -0.05) is 30.1 Å². The van der Waals surface area contributed by atoms with Crippen LogP contribution in [0, 0.1) is 6.92 Å². The zero-order valence-electron chi connectivity index (χ0n) is 18.0. The molecule has 7 nitrogen and oxygen atoms in total. The van der Waals surface area contributed by atoms with E-state index in [9.17, 15) is 0 Å². The Hall–Kier alpha value is -2.09. The van der Waals surface area contributed by atoms with Gasteiger partial charge in [0.1, 0.15) is 5.82 Å². The Balaban J connectivity index is 1.56. The number of aryl methyl sites for hydroxylation is 1. The lowest BCUT2D eigenvalue weighted by atomic mass is 10.1. The number of rotatable bonds is 6. The van der Waals surface area contributed by atoms with Crippen LogP contribution in [0.2, 0.25) is 10.0 Å². The summed E-state index contributed by atoms with van der Waals surface area (Å²) in [5.41, 5.74) is 8.14. The molecule has 1 aromatic carbocycles. The van der Waals surface area contributed by atoms with Gasteiger partial charge in [0.2, 0.25) is 5.96 Å². The molecule has 1 aliphatic carbocycles. The predicted molar refractivity (Wildman–Crippen MR) is 129 cm³/mol. The number of hydrogen-bond donors (Lipinski definition) is 2. The average molecular weight is 462 g/mol. The van der Waals surface area contributed by atoms with E-state index in [4.69, 9.17) is 28.9 Å². The summed E-state index contributed by atoms with van der Waals surface area (Å²) in [6.45, 7) is 7.40. The van der Waals surface area contributed by atoms with Gasteiger partial charge in [-0.25, -0.2) is 4.98 Å². The number of halogens is 2. The molecule has 1 aliphatic heterocycles. The molecule has 1 unspecified atom stereocenters. The molecule has 166 valence electrons. The molecule has 1 saturated carbocycles. The standard InChI is InChI=1S/C22H29Cl2N7/c1-3-30-10-4-5-15(13-30)27-20-11-14(2)26-22(28-20)29-21(25)31(16-6-7-16)17-8-9-18(23)19(24)12-17/h8-9,11-12,15-16H,3-7,10,13H2,1-2H3,(H3,25,26,27,28,29). The highest BCUT2D eigenvalue weighted by atomic mass is 35.5. The molecule has 2 aromatic rings. The second-order valence-electron chi connectivity index (χ2n) is 8.24. The Morgan fingerprint density at radius 2 is 2.03 bits per heavy atom. The van der Waals surface area contributed by atoms with Gasteiger partial charge in [-0.2, -0.15) is 9.98 Å². The third-order valence-corrected chi connectivity index (χ3v) is 6.44. The fourth-order valence-corrected chi connectivity index (χ4v) is 4.29. The van der Waals surface area contributed by atoms with Crippen LogP contribution in [0.1, 0.15) is 38.3 Å². The minimum atomic E-state index is 0.297. The SMILES string of the molecule is CCN1CCCC(Nc2cc(C)nc(N=C(N)N(c3ccc(Cl)c(Cl)c3)C3CC3)n2)C1. The van der Waals surface area contributed by atoms with E-state index in [0.717, 1.165) is 56.1 Å². The van der Waals surface area contributed by atoms with Gasteiger partial charge in [0.15, 0.2) is 0 Å². The van der Waals surface area contributed by atoms with Crippen LogP contribution in [0.15, 0.2) is 29.3 Å². The van der Waals surface area contributed by atoms with Crippen LogP contribution in [-0.4, -0.2) is 52.5 Å². The summed E-state index contributed by atoms with van der Waals surface area (Å²) in [6.07, 6.45) is 4.42. The number of aromatic nitrogens is 2. The van der Waals surface area contributed by atoms with Gasteiger partial charge in [-0.15, -0.1) is 0 Å². The molecule has 1 aromatic heterocycles. The number of benzene rings is 1. The lowest BCUT2D eigenvalue weighted by molar-refractivity contribution is 0.226. The number of likely N-dealkylation sites (tertiary alicyclic amines) is 1. The number of guanidine groups is 1. The van der Waals surface area contributed by atoms with Crippen molar-refractivity contribution in [1.29, 1.82) is 0 Å². The average Bonchev–Trinajstić information content (AvgIpc) is 3.55. The van der Waals surface area contributed by atoms with Crippen molar-refractivity contribution in [2.45, 2.75) is 51.6 Å². The summed E-state index contributed by atoms with van der Waals surface area (Å²) in [4.78, 5) is 18.1. The van der Waals surface area contributed by atoms with E-state index in [1.54, 1.807) is 6.07 Å². The van der Waals surface area contributed by atoms with Crippen molar-refractivity contribution < 1.29 is 0 Å². The fourth-order valence-electron chi connectivity index (χ4n) is 4.00. The number of piperidine rings is 1. The molecule has 0 spiro atoms. The highest BCUT2D eigenvalue weighted by Crippen LogP contribution is 2.35. The molecule has 1 atom stereocenters. The minimum Gasteiger partial charge on any atom is -0.369 e. The second kappa shape index (κ2) is 9.59. The Morgan fingerprint density at radius 3 is 2.74 bits per heavy atom. The maximum atomic E-state index is 6.42. The summed E-state index contributed by atoms with van der Waals surface area (Å²) in [5, 5.41) is 4.56. The lowest BCUT2D eigenvalue weighted by Gasteiger charge is -2.32. The number of anilines is 2. The number of likely N-dealkylation sites (N-methyl/N-ethyl adjacent to an activating group) is 1. The third-order valence-electron chi connectivity index (χ3n) is 5.70. The Morgan fingerprint density at radius 1 is 1.23 bits per heavy atom. The molecule has 31 heavy (non-hydrogen) atoms. The summed E-state index contributed by atoms with van der Waals surface area (Å²) >= 11 is 12.3. The first-order valence-electron chi connectivity index (χ1n) is 10.9. The maximum absolute atomic E-state index is 6.42. The maximum Gasteiger partial charge on any atom is 0.254 e. The van der Waals surface area contributed by atoms with Gasteiger partial charge >= 0.3 is 0 Å². The first-order valence-corrected chi connectivity index (χ1v) is 11.6. The molecule has 3 N–H and O–H groups in total. The molecule has 0 bridgehead atoms. The first-order chi connectivity index (χ1) is 14.9. The monoisotopic (exact) mass is 461 g/mol. The van der Waals surface area contributed by atoms with Gasteiger partial charge in [-0.05, 0) is 63.9 Å². The van der Waals surface area contributed by atoms with Crippen molar-refractivity contribution in [3.05, 3.63) is 40.0 Å². The zero-order valence-corrected chi connectivity index (χ0v) is 19.5. The lowest BCUT2D eigenvalue weighted by Crippen LogP contribution is -2.42. The van der Waals surface area contributed by atoms with Crippen LogP contribution in [0.5, 0.6) is 0 Å². The van der Waals surface area contributed by atoms with Crippen LogP contribution >= 0.6 is 23.2 Å². The van der Waals surface area contributed by atoms with Gasteiger partial charge in [0.25, 0.3) is 5.95 Å². The van der Waals surface area contributed by atoms with Gasteiger partial charge in [0.05, 0.1) is 10.0 Å². The Labute approximate surface area is 193 Å². The molecule has 9 heteroatoms. The molecule has 0 amide bonds. The predicted octanol–water partition coefficient (Wildman–Crippen LogP) is 4.60. The van der Waals surface area contributed by atoms with Gasteiger partial charge in [-0.3, -0.25) is 0 Å². The molecule has 2 fully saturated rings. The van der Waals surface area contributed by atoms with Gasteiger partial charge < -0.3 is 20.9 Å². The summed E-state index contributed by atoms with van der Waals surface area (Å²) in [5.74, 6) is 1.50. The van der Waals surface area contributed by atoms with E-state index in [2.05, 4.69) is 32.1 Å². The topological polar surface area (TPSA) is 82.7 Å². The van der Waals surface area contributed by atoms with E-state index in [-0.39, 0.29) is 0 Å². The zero-order chi connectivity index (χ0) is 22.0. The van der Waals surface area contributed by atoms with Gasteiger partial charge in [0, 0.05) is 36.1 Å². The van der Waals surface area contributed by atoms with Crippen LogP contribution in [0.4, 0.5) is 17.5 Å². The number of nitrogens with one attached hydrogen (secondary N) is 1. The molecule has 4 rings (SSSR count). The van der Waals surface area contributed by atoms with E-state index < -0.39 is 0 Å². The second-order valence-corrected chi connectivity index (χ2v) is 9.06. The molecule has 2 heterocycles. The van der Waals surface area contributed by atoms with E-state index in [1.165, 1.54) is 6.42 Å². The summed E-state index contributed by atoms with van der Waals surface area (Å²) < 4.78 is 0. The third kappa shape index (κ3) is 5.59. The van der Waals surface area contributed by atoms with Crippen molar-refractivity contribution in [2.75, 3.05) is 29.9 Å². The largest absolute Gasteiger partial charge is 0.369 e. The normalized spacial score (nSPS) is 20.0. The van der Waals surface area contributed by atoms with E-state index in [0.29, 0.717) is 34.0 Å². The molecule has 2 aliphatic rings. The van der Waals surface area contributed by atoms with E-state index >= 15 is 0 Å². The summed E-state index contributed by atoms with van der Waals surface area (Å²) in [6, 6.07) is 8.12. The molecular formula is C22H29Cl2N7. The van der Waals surface area contributed by atoms with Crippen molar-refractivity contribution in [3.8, 4) is 0 Å². The fraction of sp³-hybridized carbons (Fsp3) is 0.500. The van der Waals surface area contributed by atoms with Crippen molar-refractivity contribution in [3.63, 3.8) is 0 Å². The summed E-state index contributed by atoms with van der Waals surface area (Å²) in [7, 11) is 0. The smallest absolute Gasteiger partial charge is 0.254 e. The molecule has 1 saturated heterocycles. The number of hydrogen-bond acceptors (Lipinski definition) is 5. The van der Waals surface area contributed by atoms with Crippen LogP contribution < -0.4 is 16.0 Å². The van der Waals surface area contributed by atoms with Crippen molar-refractivity contribution in [2.24, 2.45) is 10.7 Å². The Bertz CT molecular complexity index is 961. The number of aliphatic imine (C=N–C) groups is 1. The number of nitrogens with two attached hydrogens (primary N) is 1. The van der Waals surface area contributed by atoms with Crippen molar-refractivity contribution in [1.82, 2.24) is 14.9 Å². The van der Waals surface area contributed by atoms with E-state index in [1.807, 2.05) is 30.0 Å². The van der Waals surface area contributed by atoms with Crippen LogP contribution in [0.25, 0.3) is 0 Å². The highest BCUT2D eigenvalue weighted by Gasteiger charge is 2.32. The first kappa shape index (κ1) is 22.1. The van der Waals surface area contributed by atoms with Crippen LogP contribution in [0.3, 0.4) is 0 Å². The quantitative estimate of drug-likeness (QED) is 0.482. The molecular weight excluding hydrogens is 433 g/mol.